The molecule has 3 aliphatic rings. The third kappa shape index (κ3) is 2.02. The van der Waals surface area contributed by atoms with Crippen molar-refractivity contribution >= 4 is 5.82 Å². The number of rotatable bonds is 3. The van der Waals surface area contributed by atoms with Crippen molar-refractivity contribution < 1.29 is 0 Å². The second kappa shape index (κ2) is 4.80. The maximum atomic E-state index is 4.37. The third-order valence-corrected chi connectivity index (χ3v) is 6.01. The molecule has 0 aromatic carbocycles. The van der Waals surface area contributed by atoms with Gasteiger partial charge in [-0.05, 0) is 67.9 Å². The van der Waals surface area contributed by atoms with Crippen molar-refractivity contribution in [1.82, 2.24) is 19.7 Å². The second-order valence-corrected chi connectivity index (χ2v) is 7.33. The van der Waals surface area contributed by atoms with Gasteiger partial charge in [-0.25, -0.2) is 4.98 Å². The van der Waals surface area contributed by atoms with Crippen molar-refractivity contribution in [2.24, 2.45) is 23.7 Å². The average molecular weight is 295 g/mol. The lowest BCUT2D eigenvalue weighted by Gasteiger charge is -2.39. The van der Waals surface area contributed by atoms with E-state index in [-0.39, 0.29) is 0 Å². The van der Waals surface area contributed by atoms with Crippen LogP contribution in [-0.2, 0) is 0 Å². The first-order valence-corrected chi connectivity index (χ1v) is 8.44. The Hall–Kier alpha value is -1.91. The Kier molecular flexibility index (Phi) is 2.75. The first-order valence-electron chi connectivity index (χ1n) is 8.44. The molecule has 0 radical (unpaired) electrons. The van der Waals surface area contributed by atoms with Crippen molar-refractivity contribution in [1.29, 1.82) is 0 Å². The summed E-state index contributed by atoms with van der Waals surface area (Å²) in [4.78, 5) is 4.04. The number of imidazole rings is 1. The topological polar surface area (TPSA) is 55.6 Å². The Morgan fingerprint density at radius 2 is 1.91 bits per heavy atom. The van der Waals surface area contributed by atoms with E-state index in [2.05, 4.69) is 20.5 Å². The molecule has 0 aliphatic heterocycles. The second-order valence-electron chi connectivity index (χ2n) is 7.33. The minimum Gasteiger partial charge on any atom is -0.366 e. The number of hydrogen-bond acceptors (Lipinski definition) is 4. The van der Waals surface area contributed by atoms with Gasteiger partial charge in [-0.1, -0.05) is 0 Å². The highest BCUT2D eigenvalue weighted by molar-refractivity contribution is 5.38. The lowest BCUT2D eigenvalue weighted by molar-refractivity contribution is 0.164. The summed E-state index contributed by atoms with van der Waals surface area (Å²) in [7, 11) is 0. The Labute approximate surface area is 130 Å². The van der Waals surface area contributed by atoms with Crippen molar-refractivity contribution in [3.8, 4) is 5.82 Å². The van der Waals surface area contributed by atoms with E-state index in [0.29, 0.717) is 6.04 Å². The SMILES string of the molecule is c1cn(-c2ccc(NC3CC4CC5CC(C4)C3C5)nn2)cn1. The zero-order valence-electron chi connectivity index (χ0n) is 12.6. The number of nitrogens with one attached hydrogen (secondary N) is 1. The Bertz CT molecular complexity index is 648. The summed E-state index contributed by atoms with van der Waals surface area (Å²) < 4.78 is 1.87. The number of nitrogens with zero attached hydrogens (tertiary/aromatic N) is 4. The molecular formula is C17H21N5. The molecule has 1 N–H and O–H groups in total. The van der Waals surface area contributed by atoms with Crippen LogP contribution < -0.4 is 5.32 Å². The largest absolute Gasteiger partial charge is 0.366 e. The molecule has 3 bridgehead atoms. The summed E-state index contributed by atoms with van der Waals surface area (Å²) in [5.74, 6) is 5.51. The average Bonchev–Trinajstić information content (AvgIpc) is 3.12. The number of anilines is 1. The van der Waals surface area contributed by atoms with Gasteiger partial charge in [-0.15, -0.1) is 10.2 Å². The van der Waals surface area contributed by atoms with E-state index < -0.39 is 0 Å². The molecule has 0 amide bonds. The zero-order valence-corrected chi connectivity index (χ0v) is 12.6. The summed E-state index contributed by atoms with van der Waals surface area (Å²) >= 11 is 0. The molecule has 3 saturated carbocycles. The normalized spacial score (nSPS) is 35.7. The lowest BCUT2D eigenvalue weighted by atomic mass is 9.70. The Morgan fingerprint density at radius 3 is 2.68 bits per heavy atom. The van der Waals surface area contributed by atoms with Gasteiger partial charge in [0.25, 0.3) is 0 Å². The number of aromatic nitrogens is 4. The van der Waals surface area contributed by atoms with Crippen molar-refractivity contribution in [2.45, 2.75) is 38.1 Å². The summed E-state index contributed by atoms with van der Waals surface area (Å²) in [6.45, 7) is 0. The molecule has 3 fully saturated rings. The highest BCUT2D eigenvalue weighted by Gasteiger charge is 2.48. The van der Waals surface area contributed by atoms with E-state index in [1.165, 1.54) is 32.1 Å². The predicted molar refractivity (Wildman–Crippen MR) is 83.6 cm³/mol. The van der Waals surface area contributed by atoms with Crippen LogP contribution in [0.3, 0.4) is 0 Å². The first kappa shape index (κ1) is 12.6. The molecule has 2 aromatic heterocycles. The van der Waals surface area contributed by atoms with E-state index >= 15 is 0 Å². The fraction of sp³-hybridized carbons (Fsp3) is 0.588. The summed E-state index contributed by atoms with van der Waals surface area (Å²) in [5.41, 5.74) is 0. The molecule has 5 rings (SSSR count). The molecule has 5 nitrogen and oxygen atoms in total. The van der Waals surface area contributed by atoms with Crippen LogP contribution in [-0.4, -0.2) is 25.8 Å². The minimum absolute atomic E-state index is 0.602. The highest BCUT2D eigenvalue weighted by atomic mass is 15.2. The molecule has 5 unspecified atom stereocenters. The molecule has 2 aromatic rings. The van der Waals surface area contributed by atoms with Crippen LogP contribution in [0.5, 0.6) is 0 Å². The smallest absolute Gasteiger partial charge is 0.160 e. The molecule has 0 spiro atoms. The van der Waals surface area contributed by atoms with Gasteiger partial charge in [0.1, 0.15) is 12.1 Å². The van der Waals surface area contributed by atoms with Crippen molar-refractivity contribution in [2.75, 3.05) is 5.32 Å². The third-order valence-electron chi connectivity index (χ3n) is 6.01. The molecule has 0 saturated heterocycles. The van der Waals surface area contributed by atoms with E-state index in [9.17, 15) is 0 Å². The molecule has 2 heterocycles. The summed E-state index contributed by atoms with van der Waals surface area (Å²) in [6.07, 6.45) is 12.6. The van der Waals surface area contributed by atoms with E-state index in [1.807, 2.05) is 22.9 Å². The van der Waals surface area contributed by atoms with Crippen LogP contribution >= 0.6 is 0 Å². The van der Waals surface area contributed by atoms with Crippen LogP contribution in [0.25, 0.3) is 5.82 Å². The number of fused-ring (bicyclic) bond motifs is 2. The maximum Gasteiger partial charge on any atom is 0.160 e. The minimum atomic E-state index is 0.602. The van der Waals surface area contributed by atoms with Gasteiger partial charge in [0.05, 0.1) is 0 Å². The van der Waals surface area contributed by atoms with E-state index in [0.717, 1.165) is 35.3 Å². The lowest BCUT2D eigenvalue weighted by Crippen LogP contribution is -2.39. The van der Waals surface area contributed by atoms with Crippen molar-refractivity contribution in [3.63, 3.8) is 0 Å². The van der Waals surface area contributed by atoms with Gasteiger partial charge in [0, 0.05) is 18.4 Å². The predicted octanol–water partition coefficient (Wildman–Crippen LogP) is 2.90. The zero-order chi connectivity index (χ0) is 14.5. The van der Waals surface area contributed by atoms with Crippen LogP contribution in [0.4, 0.5) is 5.82 Å². The van der Waals surface area contributed by atoms with E-state index in [4.69, 9.17) is 0 Å². The van der Waals surface area contributed by atoms with Crippen LogP contribution in [0.2, 0.25) is 0 Å². The monoisotopic (exact) mass is 295 g/mol. The quantitative estimate of drug-likeness (QED) is 0.946. The van der Waals surface area contributed by atoms with Gasteiger partial charge < -0.3 is 5.32 Å². The fourth-order valence-corrected chi connectivity index (χ4v) is 5.25. The van der Waals surface area contributed by atoms with Crippen molar-refractivity contribution in [3.05, 3.63) is 30.9 Å². The van der Waals surface area contributed by atoms with E-state index in [1.54, 1.807) is 12.5 Å². The molecule has 22 heavy (non-hydrogen) atoms. The summed E-state index contributed by atoms with van der Waals surface area (Å²) in [5, 5.41) is 12.4. The molecule has 5 heteroatoms. The first-order chi connectivity index (χ1) is 10.8. The Balaban J connectivity index is 1.34. The van der Waals surface area contributed by atoms with Crippen LogP contribution in [0.1, 0.15) is 32.1 Å². The maximum absolute atomic E-state index is 4.37. The van der Waals surface area contributed by atoms with Gasteiger partial charge in [0.2, 0.25) is 0 Å². The van der Waals surface area contributed by atoms with Crippen LogP contribution in [0.15, 0.2) is 30.9 Å². The van der Waals surface area contributed by atoms with Gasteiger partial charge in [-0.3, -0.25) is 4.57 Å². The molecule has 3 aliphatic carbocycles. The summed E-state index contributed by atoms with van der Waals surface area (Å²) in [6, 6.07) is 4.65. The number of hydrogen-bond donors (Lipinski definition) is 1. The van der Waals surface area contributed by atoms with Gasteiger partial charge >= 0.3 is 0 Å². The molecule has 114 valence electrons. The standard InChI is InChI=1S/C17H21N5/c1-2-17(22-4-3-18-10-22)21-20-16(1)19-15-9-12-5-11-6-13(7-12)14(15)8-11/h1-4,10-15H,5-9H2,(H,19,20). The van der Waals surface area contributed by atoms with Crippen LogP contribution in [0, 0.1) is 23.7 Å². The van der Waals surface area contributed by atoms with Gasteiger partial charge in [0.15, 0.2) is 5.82 Å². The fourth-order valence-electron chi connectivity index (χ4n) is 5.25. The molecular weight excluding hydrogens is 274 g/mol. The Morgan fingerprint density at radius 1 is 1.00 bits per heavy atom. The van der Waals surface area contributed by atoms with Gasteiger partial charge in [-0.2, -0.15) is 0 Å². The molecule has 5 atom stereocenters. The highest BCUT2D eigenvalue weighted by Crippen LogP contribution is 2.55.